The van der Waals surface area contributed by atoms with Gasteiger partial charge in [-0.3, -0.25) is 19.4 Å². The molecule has 4 aliphatic rings. The van der Waals surface area contributed by atoms with Crippen LogP contribution in [0.5, 0.6) is 0 Å². The van der Waals surface area contributed by atoms with Crippen LogP contribution in [0.3, 0.4) is 0 Å². The number of esters is 1. The van der Waals surface area contributed by atoms with E-state index in [9.17, 15) is 29.1 Å². The van der Waals surface area contributed by atoms with Crippen LogP contribution >= 0.6 is 0 Å². The van der Waals surface area contributed by atoms with E-state index in [2.05, 4.69) is 34.3 Å². The zero-order valence-corrected chi connectivity index (χ0v) is 30.4. The van der Waals surface area contributed by atoms with E-state index in [0.717, 1.165) is 19.3 Å². The van der Waals surface area contributed by atoms with Crippen molar-refractivity contribution in [3.05, 3.63) is 12.7 Å². The molecule has 0 aromatic rings. The highest BCUT2D eigenvalue weighted by Crippen LogP contribution is 2.66. The molecule has 0 aromatic heterocycles. The van der Waals surface area contributed by atoms with Gasteiger partial charge < -0.3 is 19.3 Å². The number of likely N-dealkylation sites (tertiary alicyclic amines) is 2. The van der Waals surface area contributed by atoms with Crippen LogP contribution in [0, 0.1) is 40.4 Å². The fourth-order valence-corrected chi connectivity index (χ4v) is 7.75. The minimum Gasteiger partial charge on any atom is -0.480 e. The van der Waals surface area contributed by atoms with Crippen LogP contribution in [-0.2, 0) is 28.6 Å². The van der Waals surface area contributed by atoms with E-state index in [4.69, 9.17) is 14.2 Å². The zero-order valence-electron chi connectivity index (χ0n) is 30.4. The van der Waals surface area contributed by atoms with Crippen molar-refractivity contribution in [1.82, 2.24) is 9.80 Å². The third kappa shape index (κ3) is 8.68. The first-order valence-corrected chi connectivity index (χ1v) is 16.9. The molecule has 0 aromatic carbocycles. The average molecular weight is 663 g/mol. The summed E-state index contributed by atoms with van der Waals surface area (Å²) in [6, 6.07) is -1.26. The highest BCUT2D eigenvalue weighted by Gasteiger charge is 2.70. The molecule has 2 saturated heterocycles. The second-order valence-electron chi connectivity index (χ2n) is 16.9. The molecule has 4 rings (SSSR count). The Hall–Kier alpha value is -3.11. The standard InChI is InChI=1S/C23H37NO5.C13H21NO4/c1-8-9-10-11-12-15(20(26)28-7)13-17(25)19-18-16(23(18,5)6)14-24(19)21(27)29-22(2,3)4;1-12(2,3)18-11(17)14-6-7-8(13(7,4)5)9(14)10(15)16/h8,15-16,18-19H,1,9-14H2,2-7H3;7-9H,6H2,1-5H3,(H,15,16)/t15-,16?,18+,19-;7?,8-,9-/m10/s1. The molecule has 1 N–H and O–H groups in total. The number of methoxy groups -OCH3 is 1. The Morgan fingerprint density at radius 2 is 1.28 bits per heavy atom. The number of ketones is 1. The summed E-state index contributed by atoms with van der Waals surface area (Å²) >= 11 is 0. The molecule has 2 aliphatic carbocycles. The summed E-state index contributed by atoms with van der Waals surface area (Å²) in [7, 11) is 1.35. The van der Waals surface area contributed by atoms with Crippen molar-refractivity contribution >= 4 is 29.9 Å². The number of carbonyl (C=O) groups is 5. The molecule has 47 heavy (non-hydrogen) atoms. The molecule has 2 heterocycles. The first-order valence-electron chi connectivity index (χ1n) is 16.9. The van der Waals surface area contributed by atoms with Crippen molar-refractivity contribution in [2.24, 2.45) is 40.4 Å². The first kappa shape index (κ1) is 38.3. The Labute approximate surface area is 280 Å². The number of carboxylic acids is 1. The summed E-state index contributed by atoms with van der Waals surface area (Å²) < 4.78 is 15.7. The quantitative estimate of drug-likeness (QED) is 0.123. The molecular weight excluding hydrogens is 604 g/mol. The van der Waals surface area contributed by atoms with Crippen molar-refractivity contribution in [3.8, 4) is 0 Å². The zero-order chi connectivity index (χ0) is 35.9. The van der Waals surface area contributed by atoms with E-state index >= 15 is 0 Å². The number of amides is 2. The largest absolute Gasteiger partial charge is 0.480 e. The van der Waals surface area contributed by atoms with E-state index < -0.39 is 47.4 Å². The Morgan fingerprint density at radius 3 is 1.68 bits per heavy atom. The molecule has 11 heteroatoms. The maximum absolute atomic E-state index is 13.3. The third-order valence-corrected chi connectivity index (χ3v) is 10.4. The number of aliphatic carboxylic acids is 1. The molecule has 11 nitrogen and oxygen atoms in total. The fraction of sp³-hybridized carbons (Fsp3) is 0.806. The van der Waals surface area contributed by atoms with E-state index in [1.54, 1.807) is 25.7 Å². The SMILES string of the molecule is C=CCCCC[C@H](CC(=O)[C@@H]1[C@@H]2C(CN1C(=O)OC(C)(C)C)C2(C)C)C(=O)OC.CC(C)(C)OC(=O)N1CC2[C@@H]([C@H]1C(=O)O)C2(C)C. The molecule has 2 aliphatic heterocycles. The predicted molar refractivity (Wildman–Crippen MR) is 176 cm³/mol. The van der Waals surface area contributed by atoms with Crippen molar-refractivity contribution in [3.63, 3.8) is 0 Å². The number of nitrogens with zero attached hydrogens (tertiary/aromatic N) is 2. The van der Waals surface area contributed by atoms with Crippen molar-refractivity contribution in [2.75, 3.05) is 20.2 Å². The third-order valence-electron chi connectivity index (χ3n) is 10.4. The average Bonchev–Trinajstić information content (AvgIpc) is 3.43. The van der Waals surface area contributed by atoms with Crippen LogP contribution in [0.2, 0.25) is 0 Å². The summed E-state index contributed by atoms with van der Waals surface area (Å²) in [6.07, 6.45) is 4.23. The second-order valence-corrected chi connectivity index (χ2v) is 16.9. The Morgan fingerprint density at radius 1 is 0.830 bits per heavy atom. The van der Waals surface area contributed by atoms with Gasteiger partial charge in [0.05, 0.1) is 19.1 Å². The van der Waals surface area contributed by atoms with Gasteiger partial charge >= 0.3 is 24.1 Å². The first-order chi connectivity index (χ1) is 21.5. The second kappa shape index (κ2) is 13.8. The number of carbonyl (C=O) groups excluding carboxylic acids is 4. The number of carboxylic acid groups (broad SMARTS) is 1. The minimum absolute atomic E-state index is 0.0293. The number of Topliss-reactive ketones (excluding diaryl/α,β-unsaturated/α-hetero) is 1. The molecule has 2 amide bonds. The van der Waals surface area contributed by atoms with Gasteiger partial charge in [-0.2, -0.15) is 0 Å². The monoisotopic (exact) mass is 662 g/mol. The number of hydrogen-bond donors (Lipinski definition) is 1. The molecular formula is C36H58N2O9. The number of rotatable bonds is 10. The highest BCUT2D eigenvalue weighted by atomic mass is 16.6. The van der Waals surface area contributed by atoms with E-state index in [-0.39, 0.29) is 46.8 Å². The van der Waals surface area contributed by atoms with Crippen LogP contribution in [0.15, 0.2) is 12.7 Å². The molecule has 2 unspecified atom stereocenters. The van der Waals surface area contributed by atoms with Crippen LogP contribution in [0.4, 0.5) is 9.59 Å². The number of hydrogen-bond acceptors (Lipinski definition) is 8. The lowest BCUT2D eigenvalue weighted by Crippen LogP contribution is -2.48. The summed E-state index contributed by atoms with van der Waals surface area (Å²) in [5.41, 5.74) is -1.15. The maximum Gasteiger partial charge on any atom is 0.411 e. The number of fused-ring (bicyclic) bond motifs is 2. The maximum atomic E-state index is 13.3. The fourth-order valence-electron chi connectivity index (χ4n) is 7.75. The lowest BCUT2D eigenvalue weighted by molar-refractivity contribution is -0.148. The lowest BCUT2D eigenvalue weighted by atomic mass is 9.90. The normalized spacial score (nSPS) is 28.5. The van der Waals surface area contributed by atoms with Gasteiger partial charge in [0.25, 0.3) is 0 Å². The Kier molecular flexibility index (Phi) is 11.2. The van der Waals surface area contributed by atoms with Gasteiger partial charge in [0.1, 0.15) is 17.2 Å². The number of unbranched alkanes of at least 4 members (excludes halogenated alkanes) is 2. The van der Waals surface area contributed by atoms with E-state index in [0.29, 0.717) is 25.4 Å². The van der Waals surface area contributed by atoms with Gasteiger partial charge in [-0.05, 0) is 89.4 Å². The van der Waals surface area contributed by atoms with Gasteiger partial charge in [-0.1, -0.05) is 40.2 Å². The molecule has 4 fully saturated rings. The van der Waals surface area contributed by atoms with Gasteiger partial charge in [-0.15, -0.1) is 6.58 Å². The van der Waals surface area contributed by atoms with Crippen molar-refractivity contribution < 1.29 is 43.3 Å². The predicted octanol–water partition coefficient (Wildman–Crippen LogP) is 6.34. The number of piperidine rings is 2. The molecule has 7 atom stereocenters. The van der Waals surface area contributed by atoms with E-state index in [1.807, 2.05) is 26.8 Å². The topological polar surface area (TPSA) is 140 Å². The van der Waals surface area contributed by atoms with Gasteiger partial charge in [0.15, 0.2) is 5.78 Å². The lowest BCUT2D eigenvalue weighted by Gasteiger charge is -2.32. The summed E-state index contributed by atoms with van der Waals surface area (Å²) in [5.74, 6) is -1.06. The highest BCUT2D eigenvalue weighted by molar-refractivity contribution is 5.92. The number of allylic oxidation sites excluding steroid dienone is 1. The van der Waals surface area contributed by atoms with Crippen LogP contribution in [0.1, 0.15) is 101 Å². The van der Waals surface area contributed by atoms with Crippen molar-refractivity contribution in [2.45, 2.75) is 125 Å². The molecule has 0 bridgehead atoms. The molecule has 0 radical (unpaired) electrons. The summed E-state index contributed by atoms with van der Waals surface area (Å²) in [4.78, 5) is 64.6. The molecule has 2 saturated carbocycles. The Bertz CT molecular complexity index is 1230. The van der Waals surface area contributed by atoms with Gasteiger partial charge in [0.2, 0.25) is 0 Å². The van der Waals surface area contributed by atoms with Gasteiger partial charge in [-0.25, -0.2) is 14.4 Å². The van der Waals surface area contributed by atoms with Crippen LogP contribution in [-0.4, -0.2) is 88.3 Å². The smallest absolute Gasteiger partial charge is 0.411 e. The summed E-state index contributed by atoms with van der Waals surface area (Å²) in [6.45, 7) is 23.9. The van der Waals surface area contributed by atoms with E-state index in [1.165, 1.54) is 12.0 Å². The van der Waals surface area contributed by atoms with Crippen molar-refractivity contribution in [1.29, 1.82) is 0 Å². The number of ether oxygens (including phenoxy) is 3. The van der Waals surface area contributed by atoms with Crippen LogP contribution < -0.4 is 0 Å². The minimum atomic E-state index is -0.932. The van der Waals surface area contributed by atoms with Gasteiger partial charge in [0, 0.05) is 25.4 Å². The molecule has 0 spiro atoms. The molecule has 266 valence electrons. The summed E-state index contributed by atoms with van der Waals surface area (Å²) in [5, 5.41) is 9.31. The Balaban J connectivity index is 0.000000284. The van der Waals surface area contributed by atoms with Crippen LogP contribution in [0.25, 0.3) is 0 Å².